The van der Waals surface area contributed by atoms with E-state index in [9.17, 15) is 0 Å². The molecule has 19 heavy (non-hydrogen) atoms. The molecule has 1 aromatic rings. The summed E-state index contributed by atoms with van der Waals surface area (Å²) < 4.78 is 5.50. The number of hydrogen-bond donors (Lipinski definition) is 0. The van der Waals surface area contributed by atoms with Gasteiger partial charge in [-0.15, -0.1) is 11.6 Å². The van der Waals surface area contributed by atoms with Crippen LogP contribution in [0.25, 0.3) is 0 Å². The highest BCUT2D eigenvalue weighted by Crippen LogP contribution is 2.42. The van der Waals surface area contributed by atoms with Crippen molar-refractivity contribution in [2.45, 2.75) is 25.1 Å². The van der Waals surface area contributed by atoms with Gasteiger partial charge < -0.3 is 9.64 Å². The minimum atomic E-state index is 0.449. The average Bonchev–Trinajstić information content (AvgIpc) is 2.83. The Hall–Kier alpha value is -0.440. The summed E-state index contributed by atoms with van der Waals surface area (Å²) in [5.74, 6) is 0.474. The third-order valence-electron chi connectivity index (χ3n) is 4.56. The van der Waals surface area contributed by atoms with Crippen LogP contribution in [0.3, 0.4) is 0 Å². The summed E-state index contributed by atoms with van der Waals surface area (Å²) in [5, 5.41) is 0.778. The molecule has 2 nitrogen and oxygen atoms in total. The van der Waals surface area contributed by atoms with Gasteiger partial charge in [0.05, 0.1) is 5.88 Å². The first-order valence-electron chi connectivity index (χ1n) is 6.90. The number of ether oxygens (including phenoxy) is 1. The molecule has 4 heteroatoms. The Labute approximate surface area is 124 Å². The molecule has 1 spiro atoms. The Kier molecular flexibility index (Phi) is 3.93. The average molecular weight is 300 g/mol. The van der Waals surface area contributed by atoms with Crippen molar-refractivity contribution in [1.82, 2.24) is 0 Å². The third-order valence-corrected chi connectivity index (χ3v) is 5.18. The third kappa shape index (κ3) is 2.58. The Morgan fingerprint density at radius 1 is 1.21 bits per heavy atom. The van der Waals surface area contributed by atoms with Crippen molar-refractivity contribution in [3.63, 3.8) is 0 Å². The summed E-state index contributed by atoms with van der Waals surface area (Å²) in [4.78, 5) is 2.45. The molecule has 2 saturated heterocycles. The second kappa shape index (κ2) is 5.51. The Morgan fingerprint density at radius 3 is 2.74 bits per heavy atom. The standard InChI is InChI=1S/C15H19Cl2NO/c16-10-12-13(17)2-1-3-14(12)18-7-4-15(11-18)5-8-19-9-6-15/h1-3H,4-11H2. The van der Waals surface area contributed by atoms with Crippen molar-refractivity contribution in [3.05, 3.63) is 28.8 Å². The summed E-state index contributed by atoms with van der Waals surface area (Å²) in [7, 11) is 0. The fourth-order valence-electron chi connectivity index (χ4n) is 3.33. The van der Waals surface area contributed by atoms with Gasteiger partial charge in [0.15, 0.2) is 0 Å². The highest BCUT2D eigenvalue weighted by atomic mass is 35.5. The van der Waals surface area contributed by atoms with Crippen molar-refractivity contribution in [2.24, 2.45) is 5.41 Å². The summed E-state index contributed by atoms with van der Waals surface area (Å²) in [6, 6.07) is 6.08. The molecule has 2 heterocycles. The molecule has 2 aliphatic heterocycles. The first-order valence-corrected chi connectivity index (χ1v) is 7.81. The zero-order chi connectivity index (χ0) is 13.3. The lowest BCUT2D eigenvalue weighted by Crippen LogP contribution is -2.33. The summed E-state index contributed by atoms with van der Waals surface area (Å²) >= 11 is 12.3. The van der Waals surface area contributed by atoms with Crippen LogP contribution < -0.4 is 4.90 Å². The molecule has 0 saturated carbocycles. The second-order valence-corrected chi connectivity index (χ2v) is 6.33. The zero-order valence-electron chi connectivity index (χ0n) is 11.0. The molecule has 0 aliphatic carbocycles. The molecule has 1 aromatic carbocycles. The van der Waals surface area contributed by atoms with E-state index in [2.05, 4.69) is 11.0 Å². The van der Waals surface area contributed by atoms with Crippen molar-refractivity contribution >= 4 is 28.9 Å². The number of alkyl halides is 1. The number of nitrogens with zero attached hydrogens (tertiary/aromatic N) is 1. The number of halogens is 2. The zero-order valence-corrected chi connectivity index (χ0v) is 12.5. The Balaban J connectivity index is 1.83. The van der Waals surface area contributed by atoms with Crippen molar-refractivity contribution in [3.8, 4) is 0 Å². The van der Waals surface area contributed by atoms with Crippen molar-refractivity contribution < 1.29 is 4.74 Å². The highest BCUT2D eigenvalue weighted by Gasteiger charge is 2.39. The van der Waals surface area contributed by atoms with E-state index < -0.39 is 0 Å². The predicted octanol–water partition coefficient (Wildman–Crippen LogP) is 4.09. The van der Waals surface area contributed by atoms with Gasteiger partial charge >= 0.3 is 0 Å². The SMILES string of the molecule is ClCc1c(Cl)cccc1N1CCC2(CCOCC2)C1. The predicted molar refractivity (Wildman–Crippen MR) is 80.3 cm³/mol. The molecule has 0 aromatic heterocycles. The smallest absolute Gasteiger partial charge is 0.0509 e. The van der Waals surface area contributed by atoms with Crippen molar-refractivity contribution in [1.29, 1.82) is 0 Å². The topological polar surface area (TPSA) is 12.5 Å². The van der Waals surface area contributed by atoms with Crippen LogP contribution in [-0.2, 0) is 10.6 Å². The van der Waals surface area contributed by atoms with Gasteiger partial charge in [-0.3, -0.25) is 0 Å². The van der Waals surface area contributed by atoms with Gasteiger partial charge in [-0.1, -0.05) is 17.7 Å². The molecule has 0 radical (unpaired) electrons. The first kappa shape index (κ1) is 13.5. The van der Waals surface area contributed by atoms with Crippen LogP contribution >= 0.6 is 23.2 Å². The molecule has 104 valence electrons. The monoisotopic (exact) mass is 299 g/mol. The van der Waals surface area contributed by atoms with Crippen molar-refractivity contribution in [2.75, 3.05) is 31.2 Å². The fraction of sp³-hybridized carbons (Fsp3) is 0.600. The molecule has 0 atom stereocenters. The molecule has 0 bridgehead atoms. The molecule has 0 unspecified atom stereocenters. The first-order chi connectivity index (χ1) is 9.24. The van der Waals surface area contributed by atoms with Crippen LogP contribution in [0.1, 0.15) is 24.8 Å². The van der Waals surface area contributed by atoms with Crippen LogP contribution in [0.15, 0.2) is 18.2 Å². The van der Waals surface area contributed by atoms with E-state index in [1.807, 2.05) is 12.1 Å². The summed E-state index contributed by atoms with van der Waals surface area (Å²) in [6.45, 7) is 4.03. The van der Waals surface area contributed by atoms with Crippen LogP contribution in [0.2, 0.25) is 5.02 Å². The van der Waals surface area contributed by atoms with E-state index in [1.165, 1.54) is 24.9 Å². The van der Waals surface area contributed by atoms with Crippen LogP contribution in [0, 0.1) is 5.41 Å². The molecular formula is C15H19Cl2NO. The number of hydrogen-bond acceptors (Lipinski definition) is 2. The lowest BCUT2D eigenvalue weighted by molar-refractivity contribution is 0.0254. The Morgan fingerprint density at radius 2 is 2.00 bits per heavy atom. The molecule has 2 fully saturated rings. The maximum atomic E-state index is 6.25. The molecule has 3 rings (SSSR count). The van der Waals surface area contributed by atoms with Crippen LogP contribution in [0.4, 0.5) is 5.69 Å². The normalized spacial score (nSPS) is 22.1. The molecular weight excluding hydrogens is 281 g/mol. The van der Waals surface area contributed by atoms with Gasteiger partial charge in [0.25, 0.3) is 0 Å². The van der Waals surface area contributed by atoms with Gasteiger partial charge in [0.1, 0.15) is 0 Å². The van der Waals surface area contributed by atoms with E-state index in [-0.39, 0.29) is 0 Å². The maximum Gasteiger partial charge on any atom is 0.0509 e. The van der Waals surface area contributed by atoms with Crippen LogP contribution in [0.5, 0.6) is 0 Å². The van der Waals surface area contributed by atoms with E-state index in [4.69, 9.17) is 27.9 Å². The minimum absolute atomic E-state index is 0.449. The van der Waals surface area contributed by atoms with Gasteiger partial charge in [0.2, 0.25) is 0 Å². The van der Waals surface area contributed by atoms with E-state index in [1.54, 1.807) is 0 Å². The highest BCUT2D eigenvalue weighted by molar-refractivity contribution is 6.32. The molecule has 0 N–H and O–H groups in total. The lowest BCUT2D eigenvalue weighted by Gasteiger charge is -2.33. The largest absolute Gasteiger partial charge is 0.381 e. The van der Waals surface area contributed by atoms with E-state index >= 15 is 0 Å². The molecule has 0 amide bonds. The number of anilines is 1. The molecule has 2 aliphatic rings. The minimum Gasteiger partial charge on any atom is -0.381 e. The summed E-state index contributed by atoms with van der Waals surface area (Å²) in [6.07, 6.45) is 3.62. The fourth-order valence-corrected chi connectivity index (χ4v) is 3.91. The maximum absolute atomic E-state index is 6.25. The number of rotatable bonds is 2. The van der Waals surface area contributed by atoms with Gasteiger partial charge in [0, 0.05) is 42.6 Å². The van der Waals surface area contributed by atoms with Crippen LogP contribution in [-0.4, -0.2) is 26.3 Å². The quantitative estimate of drug-likeness (QED) is 0.763. The van der Waals surface area contributed by atoms with Gasteiger partial charge in [-0.05, 0) is 36.8 Å². The van der Waals surface area contributed by atoms with E-state index in [0.717, 1.165) is 36.9 Å². The number of benzene rings is 1. The second-order valence-electron chi connectivity index (χ2n) is 5.66. The summed E-state index contributed by atoms with van der Waals surface area (Å²) in [5.41, 5.74) is 2.73. The van der Waals surface area contributed by atoms with E-state index in [0.29, 0.717) is 11.3 Å². The van der Waals surface area contributed by atoms with Gasteiger partial charge in [-0.2, -0.15) is 0 Å². The lowest BCUT2D eigenvalue weighted by atomic mass is 9.80. The Bertz CT molecular complexity index is 457. The van der Waals surface area contributed by atoms with Gasteiger partial charge in [-0.25, -0.2) is 0 Å².